The molecule has 2 aromatic heterocycles. The third-order valence-corrected chi connectivity index (χ3v) is 5.71. The summed E-state index contributed by atoms with van der Waals surface area (Å²) in [6.45, 7) is 0. The van der Waals surface area contributed by atoms with Crippen LogP contribution in [-0.4, -0.2) is 5.78 Å². The monoisotopic (exact) mass is 510 g/mol. The maximum Gasteiger partial charge on any atom is 0.416 e. The van der Waals surface area contributed by atoms with Gasteiger partial charge < -0.3 is 8.83 Å². The number of benzene rings is 2. The molecule has 0 aliphatic carbocycles. The molecule has 0 saturated carbocycles. The summed E-state index contributed by atoms with van der Waals surface area (Å²) >= 11 is 18.0. The van der Waals surface area contributed by atoms with Crippen molar-refractivity contribution in [3.05, 3.63) is 98.9 Å². The fourth-order valence-corrected chi connectivity index (χ4v) is 3.50. The van der Waals surface area contributed by atoms with Gasteiger partial charge in [-0.2, -0.15) is 13.2 Å². The molecule has 0 N–H and O–H groups in total. The van der Waals surface area contributed by atoms with Crippen molar-refractivity contribution < 1.29 is 26.8 Å². The number of furan rings is 2. The van der Waals surface area contributed by atoms with Crippen molar-refractivity contribution in [2.45, 2.75) is 6.18 Å². The summed E-state index contributed by atoms with van der Waals surface area (Å²) in [6.07, 6.45) is -1.90. The number of carbonyl (C=O) groups is 1. The van der Waals surface area contributed by atoms with Crippen LogP contribution in [0.25, 0.3) is 28.7 Å². The molecule has 0 aliphatic rings. The van der Waals surface area contributed by atoms with Crippen molar-refractivity contribution in [1.29, 1.82) is 0 Å². The van der Waals surface area contributed by atoms with E-state index in [4.69, 9.17) is 43.6 Å². The number of halogens is 6. The van der Waals surface area contributed by atoms with E-state index in [-0.39, 0.29) is 27.9 Å². The highest BCUT2D eigenvalue weighted by molar-refractivity contribution is 6.42. The Hall–Kier alpha value is -2.93. The maximum absolute atomic E-state index is 13.0. The molecule has 0 saturated heterocycles. The first-order valence-electron chi connectivity index (χ1n) is 9.36. The Morgan fingerprint density at radius 1 is 0.788 bits per heavy atom. The average Bonchev–Trinajstić information content (AvgIpc) is 3.43. The quantitative estimate of drug-likeness (QED) is 0.198. The van der Waals surface area contributed by atoms with E-state index in [1.807, 2.05) is 0 Å². The fourth-order valence-electron chi connectivity index (χ4n) is 2.99. The van der Waals surface area contributed by atoms with Gasteiger partial charge in [-0.25, -0.2) is 0 Å². The van der Waals surface area contributed by atoms with Gasteiger partial charge in [-0.3, -0.25) is 4.79 Å². The SMILES string of the molecule is O=C(C=Cc1ccc(-c2cc(C(F)(F)F)ccc2Cl)o1)c1ccc(-c2ccc(Cl)c(Cl)c2)o1. The molecule has 168 valence electrons. The van der Waals surface area contributed by atoms with E-state index in [9.17, 15) is 18.0 Å². The number of hydrogen-bond acceptors (Lipinski definition) is 3. The molecule has 33 heavy (non-hydrogen) atoms. The summed E-state index contributed by atoms with van der Waals surface area (Å²) in [5, 5.41) is 0.859. The lowest BCUT2D eigenvalue weighted by atomic mass is 10.1. The second-order valence-electron chi connectivity index (χ2n) is 6.88. The van der Waals surface area contributed by atoms with Gasteiger partial charge in [0, 0.05) is 11.1 Å². The molecule has 0 bridgehead atoms. The molecule has 0 fully saturated rings. The number of ketones is 1. The Morgan fingerprint density at radius 3 is 2.24 bits per heavy atom. The van der Waals surface area contributed by atoms with Crippen molar-refractivity contribution in [3.63, 3.8) is 0 Å². The second-order valence-corrected chi connectivity index (χ2v) is 8.11. The molecule has 0 spiro atoms. The van der Waals surface area contributed by atoms with E-state index in [2.05, 4.69) is 0 Å². The van der Waals surface area contributed by atoms with Gasteiger partial charge in [-0.05, 0) is 72.8 Å². The van der Waals surface area contributed by atoms with Crippen LogP contribution in [0.15, 0.2) is 75.6 Å². The largest absolute Gasteiger partial charge is 0.457 e. The van der Waals surface area contributed by atoms with E-state index in [1.165, 1.54) is 30.4 Å². The van der Waals surface area contributed by atoms with Crippen molar-refractivity contribution in [2.75, 3.05) is 0 Å². The van der Waals surface area contributed by atoms with Crippen molar-refractivity contribution in [3.8, 4) is 22.6 Å². The lowest BCUT2D eigenvalue weighted by molar-refractivity contribution is -0.137. The zero-order chi connectivity index (χ0) is 23.8. The maximum atomic E-state index is 13.0. The van der Waals surface area contributed by atoms with Crippen molar-refractivity contribution >= 4 is 46.7 Å². The Morgan fingerprint density at radius 2 is 1.52 bits per heavy atom. The molecule has 9 heteroatoms. The summed E-state index contributed by atoms with van der Waals surface area (Å²) in [4.78, 5) is 12.5. The molecule has 0 aliphatic heterocycles. The third kappa shape index (κ3) is 5.19. The second kappa shape index (κ2) is 9.14. The van der Waals surface area contributed by atoms with Crippen LogP contribution in [0.5, 0.6) is 0 Å². The van der Waals surface area contributed by atoms with E-state index < -0.39 is 17.5 Å². The van der Waals surface area contributed by atoms with Crippen molar-refractivity contribution in [1.82, 2.24) is 0 Å². The Labute approximate surface area is 201 Å². The molecular weight excluding hydrogens is 500 g/mol. The van der Waals surface area contributed by atoms with Gasteiger partial charge in [0.25, 0.3) is 0 Å². The molecule has 4 aromatic rings. The molecule has 3 nitrogen and oxygen atoms in total. The highest BCUT2D eigenvalue weighted by atomic mass is 35.5. The molecule has 4 rings (SSSR count). The van der Waals surface area contributed by atoms with E-state index in [1.54, 1.807) is 24.3 Å². The van der Waals surface area contributed by atoms with Gasteiger partial charge in [0.05, 0.1) is 20.6 Å². The molecule has 2 heterocycles. The van der Waals surface area contributed by atoms with Gasteiger partial charge in [0.2, 0.25) is 5.78 Å². The molecule has 0 radical (unpaired) electrons. The van der Waals surface area contributed by atoms with E-state index in [0.29, 0.717) is 21.4 Å². The van der Waals surface area contributed by atoms with E-state index >= 15 is 0 Å². The van der Waals surface area contributed by atoms with Crippen LogP contribution in [0.2, 0.25) is 15.1 Å². The number of alkyl halides is 3. The highest BCUT2D eigenvalue weighted by Gasteiger charge is 2.31. The summed E-state index contributed by atoms with van der Waals surface area (Å²) in [5.41, 5.74) is -0.1000. The summed E-state index contributed by atoms with van der Waals surface area (Å²) < 4.78 is 50.1. The lowest BCUT2D eigenvalue weighted by Gasteiger charge is -2.09. The Bertz CT molecular complexity index is 1370. The fraction of sp³-hybridized carbons (Fsp3) is 0.0417. The van der Waals surface area contributed by atoms with Gasteiger partial charge >= 0.3 is 6.18 Å². The smallest absolute Gasteiger partial charge is 0.416 e. The van der Waals surface area contributed by atoms with Crippen LogP contribution >= 0.6 is 34.8 Å². The summed E-state index contributed by atoms with van der Waals surface area (Å²) in [5.74, 6) is 0.474. The molecule has 0 amide bonds. The van der Waals surface area contributed by atoms with Crippen molar-refractivity contribution in [2.24, 2.45) is 0 Å². The zero-order valence-corrected chi connectivity index (χ0v) is 18.7. The molecular formula is C24H12Cl3F3O3. The van der Waals surface area contributed by atoms with Crippen LogP contribution in [0.4, 0.5) is 13.2 Å². The number of rotatable bonds is 5. The highest BCUT2D eigenvalue weighted by Crippen LogP contribution is 2.36. The van der Waals surface area contributed by atoms with Gasteiger partial charge in [-0.1, -0.05) is 34.8 Å². The van der Waals surface area contributed by atoms with Crippen LogP contribution in [0.3, 0.4) is 0 Å². The van der Waals surface area contributed by atoms with Crippen LogP contribution in [-0.2, 0) is 6.18 Å². The third-order valence-electron chi connectivity index (χ3n) is 4.64. The predicted molar refractivity (Wildman–Crippen MR) is 122 cm³/mol. The van der Waals surface area contributed by atoms with Gasteiger partial charge in [0.1, 0.15) is 17.3 Å². The average molecular weight is 512 g/mol. The zero-order valence-electron chi connectivity index (χ0n) is 16.4. The lowest BCUT2D eigenvalue weighted by Crippen LogP contribution is -2.04. The minimum absolute atomic E-state index is 0.0834. The summed E-state index contributed by atoms with van der Waals surface area (Å²) in [6, 6.07) is 14.0. The van der Waals surface area contributed by atoms with E-state index in [0.717, 1.165) is 18.2 Å². The topological polar surface area (TPSA) is 43.4 Å². The minimum atomic E-state index is -4.51. The minimum Gasteiger partial charge on any atom is -0.457 e. The number of carbonyl (C=O) groups excluding carboxylic acids is 1. The summed E-state index contributed by atoms with van der Waals surface area (Å²) in [7, 11) is 0. The Kier molecular flexibility index (Phi) is 6.43. The first kappa shape index (κ1) is 23.2. The standard InChI is InChI=1S/C24H12Cl3F3O3/c25-17-6-2-14(24(28,29)30)12-16(17)22-8-4-15(32-22)3-7-20(31)23-10-9-21(33-23)13-1-5-18(26)19(27)11-13/h1-12H. The first-order chi connectivity index (χ1) is 15.6. The normalized spacial score (nSPS) is 11.9. The van der Waals surface area contributed by atoms with Gasteiger partial charge in [0.15, 0.2) is 5.76 Å². The molecule has 0 atom stereocenters. The Balaban J connectivity index is 1.52. The molecule has 0 unspecified atom stereocenters. The molecule has 2 aromatic carbocycles. The predicted octanol–water partition coefficient (Wildman–Crippen LogP) is 9.08. The first-order valence-corrected chi connectivity index (χ1v) is 10.5. The van der Waals surface area contributed by atoms with Crippen LogP contribution in [0.1, 0.15) is 21.9 Å². The van der Waals surface area contributed by atoms with Crippen LogP contribution < -0.4 is 0 Å². The number of allylic oxidation sites excluding steroid dienone is 1. The van der Waals surface area contributed by atoms with Gasteiger partial charge in [-0.15, -0.1) is 0 Å². The number of hydrogen-bond donors (Lipinski definition) is 0. The van der Waals surface area contributed by atoms with Crippen LogP contribution in [0, 0.1) is 0 Å².